The van der Waals surface area contributed by atoms with E-state index in [0.29, 0.717) is 25.7 Å². The van der Waals surface area contributed by atoms with E-state index in [-0.39, 0.29) is 63.7 Å². The van der Waals surface area contributed by atoms with Gasteiger partial charge in [0.1, 0.15) is 18.2 Å². The summed E-state index contributed by atoms with van der Waals surface area (Å²) in [6.07, 6.45) is 39.7. The average Bonchev–Trinajstić information content (AvgIpc) is 3.15. The Morgan fingerprint density at radius 2 is 1.18 bits per heavy atom. The Kier molecular flexibility index (Phi) is 42.2. The number of cyclic esters (lactones) is 1. The van der Waals surface area contributed by atoms with Crippen LogP contribution in [0.15, 0.2) is 12.2 Å². The third-order valence-corrected chi connectivity index (χ3v) is 10.7. The molecule has 0 aromatic rings. The fourth-order valence-electron chi connectivity index (χ4n) is 7.25. The van der Waals surface area contributed by atoms with Gasteiger partial charge in [-0.1, -0.05) is 175 Å². The number of hydrogen-bond donors (Lipinski definition) is 2. The van der Waals surface area contributed by atoms with Gasteiger partial charge in [-0.25, -0.2) is 4.79 Å². The third kappa shape index (κ3) is 34.6. The average molecular weight is 979 g/mol. The van der Waals surface area contributed by atoms with Gasteiger partial charge in [0.25, 0.3) is 0 Å². The fraction of sp³-hybridized carbons (Fsp3) is 0.872. The first-order valence-electron chi connectivity index (χ1n) is 23.2. The topological polar surface area (TPSA) is 119 Å². The Labute approximate surface area is 365 Å². The van der Waals surface area contributed by atoms with Crippen LogP contribution in [0, 0.1) is 11.8 Å². The maximum absolute atomic E-state index is 12.9. The molecule has 324 valence electrons. The molecule has 9 heteroatoms. The van der Waals surface area contributed by atoms with Crippen molar-refractivity contribution in [3.63, 3.8) is 0 Å². The predicted molar refractivity (Wildman–Crippen MR) is 228 cm³/mol. The van der Waals surface area contributed by atoms with Gasteiger partial charge in [0.2, 0.25) is 6.41 Å². The summed E-state index contributed by atoms with van der Waals surface area (Å²) in [5, 5.41) is 11.1. The van der Waals surface area contributed by atoms with E-state index < -0.39 is 12.0 Å². The molecule has 8 nitrogen and oxygen atoms in total. The number of allylic oxidation sites excluding steroid dienone is 2. The molecule has 0 aliphatic carbocycles. The molecule has 0 saturated carbocycles. The number of amides is 1. The van der Waals surface area contributed by atoms with Crippen molar-refractivity contribution in [1.82, 2.24) is 5.32 Å². The van der Waals surface area contributed by atoms with Crippen LogP contribution in [-0.2, 0) is 56.3 Å². The summed E-state index contributed by atoms with van der Waals surface area (Å²) >= 11 is 0. The van der Waals surface area contributed by atoms with E-state index >= 15 is 0 Å². The predicted octanol–water partition coefficient (Wildman–Crippen LogP) is 13.0. The number of carbonyl (C=O) groups is 4. The van der Waals surface area contributed by atoms with E-state index in [9.17, 15) is 19.2 Å². The van der Waals surface area contributed by atoms with Gasteiger partial charge in [-0.15, -0.1) is 0 Å². The van der Waals surface area contributed by atoms with Gasteiger partial charge >= 0.3 is 17.9 Å². The Morgan fingerprint density at radius 3 is 1.64 bits per heavy atom. The van der Waals surface area contributed by atoms with Crippen molar-refractivity contribution in [2.24, 2.45) is 11.8 Å². The summed E-state index contributed by atoms with van der Waals surface area (Å²) < 4.78 is 11.4. The van der Waals surface area contributed by atoms with Crippen molar-refractivity contribution in [3.05, 3.63) is 12.2 Å². The number of rotatable bonds is 38. The molecule has 56 heavy (non-hydrogen) atoms. The normalized spacial score (nSPS) is 15.9. The molecule has 4 atom stereocenters. The van der Waals surface area contributed by atoms with E-state index in [1.54, 1.807) is 0 Å². The van der Waals surface area contributed by atoms with Crippen LogP contribution in [-0.4, -0.2) is 47.7 Å². The summed E-state index contributed by atoms with van der Waals surface area (Å²) in [5.74, 6) is -0.967. The zero-order valence-corrected chi connectivity index (χ0v) is 42.6. The third-order valence-electron chi connectivity index (χ3n) is 10.7. The maximum atomic E-state index is 12.9. The van der Waals surface area contributed by atoms with Crippen molar-refractivity contribution >= 4 is 24.3 Å². The van der Waals surface area contributed by atoms with Crippen LogP contribution in [0.25, 0.3) is 0 Å². The van der Waals surface area contributed by atoms with Gasteiger partial charge < -0.3 is 19.9 Å². The molecule has 1 aliphatic heterocycles. The Morgan fingerprint density at radius 1 is 0.714 bits per heavy atom. The molecule has 1 heterocycles. The largest absolute Gasteiger partial charge is 0.481 e. The SMILES string of the molecule is CCCCCCCC/C=C\CCCCCCCC(=O)O.CCCCCCCCCCC[C@@H](C[C@@H]1OC(=O)[C@H]1CCCCCC)OC(=O)[C@H](CC(C)C)NC=O.[Hg]. The van der Waals surface area contributed by atoms with Crippen LogP contribution in [0.5, 0.6) is 0 Å². The minimum Gasteiger partial charge on any atom is -0.481 e. The summed E-state index contributed by atoms with van der Waals surface area (Å²) in [6.45, 7) is 10.7. The van der Waals surface area contributed by atoms with Crippen molar-refractivity contribution in [2.45, 2.75) is 252 Å². The summed E-state index contributed by atoms with van der Waals surface area (Å²) in [5.41, 5.74) is 0. The molecule has 1 aliphatic rings. The number of unbranched alkanes of at least 4 members (excludes halogenated alkanes) is 22. The minimum atomic E-state index is -0.664. The number of aliphatic carboxylic acids is 1. The van der Waals surface area contributed by atoms with E-state index in [1.807, 2.05) is 13.8 Å². The number of carbonyl (C=O) groups excluding carboxylic acids is 3. The van der Waals surface area contributed by atoms with E-state index in [0.717, 1.165) is 51.4 Å². The van der Waals surface area contributed by atoms with Crippen molar-refractivity contribution < 1.29 is 61.4 Å². The van der Waals surface area contributed by atoms with Gasteiger partial charge in [-0.2, -0.15) is 0 Å². The molecule has 0 bridgehead atoms. The summed E-state index contributed by atoms with van der Waals surface area (Å²) in [6, 6.07) is -0.632. The van der Waals surface area contributed by atoms with E-state index in [4.69, 9.17) is 14.6 Å². The van der Waals surface area contributed by atoms with Crippen molar-refractivity contribution in [2.75, 3.05) is 0 Å². The molecule has 0 aromatic carbocycles. The van der Waals surface area contributed by atoms with Gasteiger partial charge in [-0.3, -0.25) is 14.4 Å². The fourth-order valence-corrected chi connectivity index (χ4v) is 7.25. The number of hydrogen-bond acceptors (Lipinski definition) is 6. The second kappa shape index (κ2) is 41.7. The number of esters is 2. The monoisotopic (exact) mass is 980 g/mol. The zero-order chi connectivity index (χ0) is 40.8. The van der Waals surface area contributed by atoms with Gasteiger partial charge in [0.05, 0.1) is 5.92 Å². The quantitative estimate of drug-likeness (QED) is 0.0208. The van der Waals surface area contributed by atoms with Gasteiger partial charge in [-0.05, 0) is 63.7 Å². The summed E-state index contributed by atoms with van der Waals surface area (Å²) in [7, 11) is 0. The Balaban J connectivity index is 0. The molecule has 0 unspecified atom stereocenters. The molecule has 1 amide bonds. The molecule has 0 aromatic heterocycles. The smallest absolute Gasteiger partial charge is 0.328 e. The number of carboxylic acids is 1. The second-order valence-corrected chi connectivity index (χ2v) is 16.5. The molecule has 0 radical (unpaired) electrons. The molecule has 1 saturated heterocycles. The Bertz CT molecular complexity index is 959. The minimum absolute atomic E-state index is 0. The molecule has 2 N–H and O–H groups in total. The van der Waals surface area contributed by atoms with Crippen LogP contribution in [0.1, 0.15) is 234 Å². The van der Waals surface area contributed by atoms with Crippen LogP contribution >= 0.6 is 0 Å². The van der Waals surface area contributed by atoms with Crippen LogP contribution in [0.2, 0.25) is 0 Å². The molecular weight excluding hydrogens is 891 g/mol. The van der Waals surface area contributed by atoms with Crippen molar-refractivity contribution in [3.8, 4) is 0 Å². The molecule has 0 spiro atoms. The second-order valence-electron chi connectivity index (χ2n) is 16.5. The summed E-state index contributed by atoms with van der Waals surface area (Å²) in [4.78, 5) is 46.3. The first-order valence-corrected chi connectivity index (χ1v) is 23.2. The van der Waals surface area contributed by atoms with Crippen molar-refractivity contribution in [1.29, 1.82) is 0 Å². The number of ether oxygens (including phenoxy) is 2. The Hall–Kier alpha value is -1.44. The van der Waals surface area contributed by atoms with E-state index in [2.05, 4.69) is 38.2 Å². The molecule has 1 fully saturated rings. The van der Waals surface area contributed by atoms with Crippen LogP contribution in [0.4, 0.5) is 0 Å². The first-order chi connectivity index (χ1) is 26.7. The van der Waals surface area contributed by atoms with E-state index in [1.165, 1.54) is 128 Å². The number of nitrogens with one attached hydrogen (secondary N) is 1. The molecular formula is C47H87HgNO7. The first kappa shape index (κ1) is 56.7. The number of carboxylic acid groups (broad SMARTS) is 1. The van der Waals surface area contributed by atoms with Crippen LogP contribution < -0.4 is 5.32 Å². The van der Waals surface area contributed by atoms with Gasteiger partial charge in [0, 0.05) is 40.5 Å². The zero-order valence-electron chi connectivity index (χ0n) is 37.1. The standard InChI is InChI=1S/C29H53NO5.C18H34O2.Hg/c1-5-7-9-11-12-13-14-15-16-18-24(34-29(33)26(30-22-31)20-23(3)4)21-27-25(28(32)35-27)19-17-10-8-6-2;1-2-3-4-5-6-7-8-9-10-11-12-13-14-15-16-17-18(19)20;/h22-27H,5-21H2,1-4H3,(H,30,31);9-10H,2-8,11-17H2,1H3,(H,19,20);/b;10-9-;/t24-,25-,26-,27-;;/m0../s1. The van der Waals surface area contributed by atoms with Gasteiger partial charge in [0.15, 0.2) is 0 Å². The molecule has 1 rings (SSSR count). The maximum Gasteiger partial charge on any atom is 0.328 e. The van der Waals surface area contributed by atoms with Crippen LogP contribution in [0.3, 0.4) is 0 Å².